The van der Waals surface area contributed by atoms with Crippen LogP contribution >= 0.6 is 0 Å². The van der Waals surface area contributed by atoms with Crippen LogP contribution in [0.2, 0.25) is 0 Å². The maximum Gasteiger partial charge on any atom is 0.311 e. The van der Waals surface area contributed by atoms with E-state index >= 15 is 0 Å². The number of benzene rings is 2. The van der Waals surface area contributed by atoms with Crippen molar-refractivity contribution in [1.29, 1.82) is 0 Å². The summed E-state index contributed by atoms with van der Waals surface area (Å²) in [6.45, 7) is 1.65. The van der Waals surface area contributed by atoms with E-state index in [0.717, 1.165) is 30.5 Å². The summed E-state index contributed by atoms with van der Waals surface area (Å²) in [7, 11) is 0. The normalized spacial score (nSPS) is 16.0. The molecule has 0 aliphatic carbocycles. The van der Waals surface area contributed by atoms with Crippen LogP contribution in [0.1, 0.15) is 28.8 Å². The Morgan fingerprint density at radius 3 is 2.54 bits per heavy atom. The SMILES string of the molecule is O=C(NCC1(c2ccccc2)CCOCC1)c1ccc(O)c([N+](=O)[O-])c1. The number of nitrogens with zero attached hydrogens (tertiary/aromatic N) is 1. The molecule has 0 unspecified atom stereocenters. The number of carbonyl (C=O) groups is 1. The quantitative estimate of drug-likeness (QED) is 0.633. The zero-order valence-corrected chi connectivity index (χ0v) is 14.2. The molecule has 2 aromatic carbocycles. The van der Waals surface area contributed by atoms with Crippen LogP contribution in [0, 0.1) is 10.1 Å². The van der Waals surface area contributed by atoms with Gasteiger partial charge in [-0.15, -0.1) is 0 Å². The highest BCUT2D eigenvalue weighted by Gasteiger charge is 2.34. The standard InChI is InChI=1S/C19H20N2O5/c22-17-7-6-14(12-16(17)21(24)25)18(23)20-13-19(8-10-26-11-9-19)15-4-2-1-3-5-15/h1-7,12,22H,8-11,13H2,(H,20,23). The number of hydrogen-bond donors (Lipinski definition) is 2. The molecule has 0 spiro atoms. The molecule has 0 radical (unpaired) electrons. The van der Waals surface area contributed by atoms with Crippen LogP contribution in [0.5, 0.6) is 5.75 Å². The molecule has 1 heterocycles. The Bertz CT molecular complexity index is 801. The summed E-state index contributed by atoms with van der Waals surface area (Å²) in [5, 5.41) is 23.4. The van der Waals surface area contributed by atoms with Gasteiger partial charge in [-0.05, 0) is 30.5 Å². The fourth-order valence-corrected chi connectivity index (χ4v) is 3.28. The van der Waals surface area contributed by atoms with E-state index in [1.807, 2.05) is 30.3 Å². The average molecular weight is 356 g/mol. The molecule has 0 atom stereocenters. The van der Waals surface area contributed by atoms with Gasteiger partial charge in [-0.2, -0.15) is 0 Å². The second kappa shape index (κ2) is 7.53. The number of nitrogens with one attached hydrogen (secondary N) is 1. The van der Waals surface area contributed by atoms with Crippen LogP contribution in [-0.4, -0.2) is 35.7 Å². The van der Waals surface area contributed by atoms with Crippen LogP contribution in [0.3, 0.4) is 0 Å². The summed E-state index contributed by atoms with van der Waals surface area (Å²) >= 11 is 0. The lowest BCUT2D eigenvalue weighted by Crippen LogP contribution is -2.44. The topological polar surface area (TPSA) is 102 Å². The second-order valence-electron chi connectivity index (χ2n) is 6.40. The lowest BCUT2D eigenvalue weighted by Gasteiger charge is -2.38. The molecule has 1 aliphatic heterocycles. The predicted octanol–water partition coefficient (Wildman–Crippen LogP) is 2.78. The molecule has 2 aromatic rings. The number of phenols is 1. The van der Waals surface area contributed by atoms with Crippen molar-refractivity contribution in [3.63, 3.8) is 0 Å². The Labute approximate surface area is 150 Å². The summed E-state index contributed by atoms with van der Waals surface area (Å²) in [4.78, 5) is 22.7. The first kappa shape index (κ1) is 17.9. The molecule has 7 heteroatoms. The minimum absolute atomic E-state index is 0.143. The third-order valence-electron chi connectivity index (χ3n) is 4.86. The van der Waals surface area contributed by atoms with Gasteiger partial charge in [0.1, 0.15) is 0 Å². The van der Waals surface area contributed by atoms with Crippen molar-refractivity contribution in [3.05, 3.63) is 69.8 Å². The van der Waals surface area contributed by atoms with Gasteiger partial charge in [0.25, 0.3) is 5.91 Å². The molecule has 3 rings (SSSR count). The van der Waals surface area contributed by atoms with Gasteiger partial charge in [0, 0.05) is 36.8 Å². The van der Waals surface area contributed by atoms with Crippen molar-refractivity contribution in [1.82, 2.24) is 5.32 Å². The molecule has 0 bridgehead atoms. The molecule has 2 N–H and O–H groups in total. The van der Waals surface area contributed by atoms with Gasteiger partial charge in [-0.25, -0.2) is 0 Å². The third-order valence-corrected chi connectivity index (χ3v) is 4.86. The molecule has 0 aromatic heterocycles. The Kier molecular flexibility index (Phi) is 5.18. The van der Waals surface area contributed by atoms with E-state index in [4.69, 9.17) is 4.74 Å². The third kappa shape index (κ3) is 3.67. The van der Waals surface area contributed by atoms with Crippen molar-refractivity contribution < 1.29 is 19.6 Å². The fourth-order valence-electron chi connectivity index (χ4n) is 3.28. The summed E-state index contributed by atoms with van der Waals surface area (Å²) < 4.78 is 5.48. The van der Waals surface area contributed by atoms with E-state index in [0.29, 0.717) is 19.8 Å². The van der Waals surface area contributed by atoms with Crippen LogP contribution in [0.15, 0.2) is 48.5 Å². The highest BCUT2D eigenvalue weighted by molar-refractivity contribution is 5.95. The number of phenolic OH excluding ortho intramolecular Hbond substituents is 1. The van der Waals surface area contributed by atoms with E-state index < -0.39 is 22.3 Å². The lowest BCUT2D eigenvalue weighted by molar-refractivity contribution is -0.385. The molecule has 0 saturated carbocycles. The average Bonchev–Trinajstić information content (AvgIpc) is 2.67. The first-order valence-corrected chi connectivity index (χ1v) is 8.41. The van der Waals surface area contributed by atoms with Gasteiger partial charge in [-0.3, -0.25) is 14.9 Å². The highest BCUT2D eigenvalue weighted by atomic mass is 16.6. The monoisotopic (exact) mass is 356 g/mol. The zero-order valence-electron chi connectivity index (χ0n) is 14.2. The second-order valence-corrected chi connectivity index (χ2v) is 6.40. The maximum atomic E-state index is 12.5. The Morgan fingerprint density at radius 1 is 1.19 bits per heavy atom. The summed E-state index contributed by atoms with van der Waals surface area (Å²) in [6.07, 6.45) is 1.57. The molecule has 7 nitrogen and oxygen atoms in total. The van der Waals surface area contributed by atoms with Gasteiger partial charge in [0.05, 0.1) is 4.92 Å². The summed E-state index contributed by atoms with van der Waals surface area (Å²) in [5.74, 6) is -0.869. The highest BCUT2D eigenvalue weighted by Crippen LogP contribution is 2.34. The van der Waals surface area contributed by atoms with Crippen molar-refractivity contribution in [2.75, 3.05) is 19.8 Å². The lowest BCUT2D eigenvalue weighted by atomic mass is 9.74. The number of amides is 1. The molecule has 26 heavy (non-hydrogen) atoms. The van der Waals surface area contributed by atoms with Crippen molar-refractivity contribution >= 4 is 11.6 Å². The summed E-state index contributed by atoms with van der Waals surface area (Å²) in [6, 6.07) is 13.6. The van der Waals surface area contributed by atoms with E-state index in [1.54, 1.807) is 0 Å². The van der Waals surface area contributed by atoms with Crippen LogP contribution in [0.25, 0.3) is 0 Å². The number of rotatable bonds is 5. The number of nitro groups is 1. The summed E-state index contributed by atoms with van der Waals surface area (Å²) in [5.41, 5.74) is 0.574. The number of nitro benzene ring substituents is 1. The van der Waals surface area contributed by atoms with Crippen LogP contribution in [-0.2, 0) is 10.2 Å². The number of carbonyl (C=O) groups excluding carboxylic acids is 1. The van der Waals surface area contributed by atoms with Crippen molar-refractivity contribution in [2.45, 2.75) is 18.3 Å². The largest absolute Gasteiger partial charge is 0.502 e. The van der Waals surface area contributed by atoms with Gasteiger partial charge >= 0.3 is 5.69 Å². The predicted molar refractivity (Wildman–Crippen MR) is 95.3 cm³/mol. The Balaban J connectivity index is 1.78. The van der Waals surface area contributed by atoms with Crippen molar-refractivity contribution in [2.24, 2.45) is 0 Å². The molecule has 1 fully saturated rings. The van der Waals surface area contributed by atoms with Crippen LogP contribution < -0.4 is 5.32 Å². The fraction of sp³-hybridized carbons (Fsp3) is 0.316. The molecule has 1 saturated heterocycles. The van der Waals surface area contributed by atoms with Gasteiger partial charge in [0.15, 0.2) is 5.75 Å². The molecule has 1 aliphatic rings. The molecular weight excluding hydrogens is 336 g/mol. The number of aromatic hydroxyl groups is 1. The smallest absolute Gasteiger partial charge is 0.311 e. The molecule has 1 amide bonds. The molecular formula is C19H20N2O5. The van der Waals surface area contributed by atoms with E-state index in [1.165, 1.54) is 6.07 Å². The first-order chi connectivity index (χ1) is 12.5. The zero-order chi connectivity index (χ0) is 18.6. The maximum absolute atomic E-state index is 12.5. The van der Waals surface area contributed by atoms with Gasteiger partial charge in [-0.1, -0.05) is 30.3 Å². The first-order valence-electron chi connectivity index (χ1n) is 8.41. The van der Waals surface area contributed by atoms with E-state index in [-0.39, 0.29) is 11.0 Å². The Hall–Kier alpha value is -2.93. The van der Waals surface area contributed by atoms with Gasteiger partial charge in [0.2, 0.25) is 0 Å². The minimum atomic E-state index is -0.712. The van der Waals surface area contributed by atoms with Gasteiger partial charge < -0.3 is 15.2 Å². The Morgan fingerprint density at radius 2 is 1.88 bits per heavy atom. The number of ether oxygens (including phenoxy) is 1. The number of hydrogen-bond acceptors (Lipinski definition) is 5. The van der Waals surface area contributed by atoms with E-state index in [9.17, 15) is 20.0 Å². The molecule has 136 valence electrons. The minimum Gasteiger partial charge on any atom is -0.502 e. The van der Waals surface area contributed by atoms with Crippen molar-refractivity contribution in [3.8, 4) is 5.75 Å². The van der Waals surface area contributed by atoms with Crippen LogP contribution in [0.4, 0.5) is 5.69 Å². The van der Waals surface area contributed by atoms with E-state index in [2.05, 4.69) is 5.32 Å².